The van der Waals surface area contributed by atoms with Gasteiger partial charge in [-0.3, -0.25) is 20.2 Å². The monoisotopic (exact) mass is 411 g/mol. The van der Waals surface area contributed by atoms with E-state index < -0.39 is 10.8 Å². The quantitative estimate of drug-likeness (QED) is 0.491. The lowest BCUT2D eigenvalue weighted by Crippen LogP contribution is -2.12. The highest BCUT2D eigenvalue weighted by atomic mass is 79.9. The molecule has 0 spiro atoms. The molecule has 1 amide bonds. The number of rotatable bonds is 3. The summed E-state index contributed by atoms with van der Waals surface area (Å²) in [6, 6.07) is 9.30. The number of nitro benzene ring substituents is 1. The maximum absolute atomic E-state index is 12.3. The number of halogens is 2. The summed E-state index contributed by atoms with van der Waals surface area (Å²) in [5.41, 5.74) is 0.872. The zero-order valence-electron chi connectivity index (χ0n) is 11.2. The first kappa shape index (κ1) is 15.9. The molecule has 0 aliphatic rings. The van der Waals surface area contributed by atoms with E-state index in [0.29, 0.717) is 25.9 Å². The molecule has 3 aromatic rings. The summed E-state index contributed by atoms with van der Waals surface area (Å²) in [7, 11) is 0. The van der Waals surface area contributed by atoms with Crippen LogP contribution in [0.1, 0.15) is 10.4 Å². The van der Waals surface area contributed by atoms with Crippen molar-refractivity contribution in [3.05, 3.63) is 61.6 Å². The number of hydrogen-bond donors (Lipinski definition) is 1. The number of hydrogen-bond acceptors (Lipinski definition) is 5. The van der Waals surface area contributed by atoms with Crippen LogP contribution in [0.2, 0.25) is 5.02 Å². The lowest BCUT2D eigenvalue weighted by atomic mass is 10.2. The number of fused-ring (bicyclic) bond motifs is 1. The Kier molecular flexibility index (Phi) is 4.29. The van der Waals surface area contributed by atoms with E-state index in [1.165, 1.54) is 12.1 Å². The minimum Gasteiger partial charge on any atom is -0.298 e. The molecule has 1 aromatic heterocycles. The normalized spacial score (nSPS) is 10.7. The first-order chi connectivity index (χ1) is 10.9. The Morgan fingerprint density at radius 3 is 2.83 bits per heavy atom. The molecule has 116 valence electrons. The topological polar surface area (TPSA) is 85.1 Å². The Bertz CT molecular complexity index is 944. The van der Waals surface area contributed by atoms with Crippen LogP contribution in [0, 0.1) is 10.1 Å². The van der Waals surface area contributed by atoms with E-state index >= 15 is 0 Å². The van der Waals surface area contributed by atoms with Gasteiger partial charge in [0.2, 0.25) is 0 Å². The minimum absolute atomic E-state index is 0.0194. The van der Waals surface area contributed by atoms with Gasteiger partial charge in [-0.2, -0.15) is 0 Å². The standard InChI is InChI=1S/C14H7BrClN3O3S/c15-7-1-3-10(16)9(5-7)13(20)18-14-17-11-4-2-8(19(21)22)6-12(11)23-14/h1-6H,(H,17,18,20). The van der Waals surface area contributed by atoms with Crippen molar-refractivity contribution >= 4 is 65.8 Å². The fourth-order valence-electron chi connectivity index (χ4n) is 1.92. The van der Waals surface area contributed by atoms with Gasteiger partial charge in [-0.05, 0) is 24.3 Å². The fraction of sp³-hybridized carbons (Fsp3) is 0. The number of carbonyl (C=O) groups is 1. The fourth-order valence-corrected chi connectivity index (χ4v) is 3.37. The number of anilines is 1. The van der Waals surface area contributed by atoms with Crippen molar-refractivity contribution < 1.29 is 9.72 Å². The molecular formula is C14H7BrClN3O3S. The zero-order valence-corrected chi connectivity index (χ0v) is 14.4. The molecule has 23 heavy (non-hydrogen) atoms. The number of carbonyl (C=O) groups excluding carboxylic acids is 1. The van der Waals surface area contributed by atoms with Crippen LogP contribution in [0.15, 0.2) is 40.9 Å². The second-order valence-electron chi connectivity index (χ2n) is 4.51. The minimum atomic E-state index is -0.474. The largest absolute Gasteiger partial charge is 0.298 e. The van der Waals surface area contributed by atoms with Gasteiger partial charge >= 0.3 is 0 Å². The second-order valence-corrected chi connectivity index (χ2v) is 6.86. The van der Waals surface area contributed by atoms with Gasteiger partial charge in [0.05, 0.1) is 25.7 Å². The first-order valence-corrected chi connectivity index (χ1v) is 8.24. The van der Waals surface area contributed by atoms with Crippen molar-refractivity contribution in [3.63, 3.8) is 0 Å². The van der Waals surface area contributed by atoms with Crippen LogP contribution in [0.4, 0.5) is 10.8 Å². The third kappa shape index (κ3) is 3.34. The maximum Gasteiger partial charge on any atom is 0.270 e. The van der Waals surface area contributed by atoms with Crippen molar-refractivity contribution in [2.24, 2.45) is 0 Å². The summed E-state index contributed by atoms with van der Waals surface area (Å²) < 4.78 is 1.35. The van der Waals surface area contributed by atoms with Gasteiger partial charge < -0.3 is 0 Å². The molecule has 0 bridgehead atoms. The van der Waals surface area contributed by atoms with Crippen LogP contribution in [0.5, 0.6) is 0 Å². The van der Waals surface area contributed by atoms with Crippen molar-refractivity contribution in [3.8, 4) is 0 Å². The van der Waals surface area contributed by atoms with E-state index in [1.807, 2.05) is 0 Å². The van der Waals surface area contributed by atoms with E-state index in [-0.39, 0.29) is 5.69 Å². The van der Waals surface area contributed by atoms with E-state index in [2.05, 4.69) is 26.2 Å². The van der Waals surface area contributed by atoms with Gasteiger partial charge in [0.1, 0.15) is 0 Å². The molecule has 0 radical (unpaired) electrons. The van der Waals surface area contributed by atoms with E-state index in [0.717, 1.165) is 15.8 Å². The molecule has 2 aromatic carbocycles. The van der Waals surface area contributed by atoms with Gasteiger partial charge in [0.25, 0.3) is 11.6 Å². The number of nitrogens with one attached hydrogen (secondary N) is 1. The van der Waals surface area contributed by atoms with Crippen LogP contribution < -0.4 is 5.32 Å². The summed E-state index contributed by atoms with van der Waals surface area (Å²) in [6.45, 7) is 0. The van der Waals surface area contributed by atoms with Gasteiger partial charge in [-0.1, -0.05) is 38.9 Å². The van der Waals surface area contributed by atoms with Gasteiger partial charge in [0.15, 0.2) is 5.13 Å². The van der Waals surface area contributed by atoms with E-state index in [1.54, 1.807) is 24.3 Å². The van der Waals surface area contributed by atoms with Crippen molar-refractivity contribution in [1.29, 1.82) is 0 Å². The van der Waals surface area contributed by atoms with E-state index in [9.17, 15) is 14.9 Å². The van der Waals surface area contributed by atoms with E-state index in [4.69, 9.17) is 11.6 Å². The summed E-state index contributed by atoms with van der Waals surface area (Å²) in [4.78, 5) is 26.8. The summed E-state index contributed by atoms with van der Waals surface area (Å²) in [6.07, 6.45) is 0. The Balaban J connectivity index is 1.90. The number of benzene rings is 2. The van der Waals surface area contributed by atoms with Crippen LogP contribution in [0.3, 0.4) is 0 Å². The summed E-state index contributed by atoms with van der Waals surface area (Å²) in [5.74, 6) is -0.398. The lowest BCUT2D eigenvalue weighted by Gasteiger charge is -2.04. The SMILES string of the molecule is O=C(Nc1nc2ccc([N+](=O)[O-])cc2s1)c1cc(Br)ccc1Cl. The average Bonchev–Trinajstić information content (AvgIpc) is 2.90. The Morgan fingerprint density at radius 2 is 2.09 bits per heavy atom. The van der Waals surface area contributed by atoms with Crippen molar-refractivity contribution in [2.75, 3.05) is 5.32 Å². The van der Waals surface area contributed by atoms with Gasteiger partial charge in [0, 0.05) is 16.6 Å². The molecule has 3 rings (SSSR count). The molecule has 0 aliphatic carbocycles. The lowest BCUT2D eigenvalue weighted by molar-refractivity contribution is -0.384. The highest BCUT2D eigenvalue weighted by Gasteiger charge is 2.15. The number of non-ortho nitro benzene ring substituents is 1. The Labute approximate surface area is 147 Å². The number of nitro groups is 1. The Hall–Kier alpha value is -2.03. The maximum atomic E-state index is 12.3. The molecule has 6 nitrogen and oxygen atoms in total. The van der Waals surface area contributed by atoms with Crippen LogP contribution in [-0.2, 0) is 0 Å². The van der Waals surface area contributed by atoms with Crippen molar-refractivity contribution in [1.82, 2.24) is 4.98 Å². The van der Waals surface area contributed by atoms with Gasteiger partial charge in [-0.25, -0.2) is 4.98 Å². The van der Waals surface area contributed by atoms with Crippen LogP contribution >= 0.6 is 38.9 Å². The predicted octanol–water partition coefficient (Wildman–Crippen LogP) is 4.87. The molecule has 0 aliphatic heterocycles. The number of amides is 1. The smallest absolute Gasteiger partial charge is 0.270 e. The molecule has 1 heterocycles. The molecule has 0 atom stereocenters. The van der Waals surface area contributed by atoms with Crippen LogP contribution in [-0.4, -0.2) is 15.8 Å². The number of aromatic nitrogens is 1. The third-order valence-corrected chi connectivity index (χ3v) is 4.73. The van der Waals surface area contributed by atoms with Crippen LogP contribution in [0.25, 0.3) is 10.2 Å². The highest BCUT2D eigenvalue weighted by Crippen LogP contribution is 2.30. The second kappa shape index (κ2) is 6.23. The Morgan fingerprint density at radius 1 is 1.30 bits per heavy atom. The molecule has 0 fully saturated rings. The highest BCUT2D eigenvalue weighted by molar-refractivity contribution is 9.10. The summed E-state index contributed by atoms with van der Waals surface area (Å²) >= 11 is 10.5. The van der Waals surface area contributed by atoms with Gasteiger partial charge in [-0.15, -0.1) is 0 Å². The van der Waals surface area contributed by atoms with Crippen molar-refractivity contribution in [2.45, 2.75) is 0 Å². The third-order valence-electron chi connectivity index (χ3n) is 2.98. The summed E-state index contributed by atoms with van der Waals surface area (Å²) in [5, 5.41) is 14.1. The number of thiazole rings is 1. The average molecular weight is 413 g/mol. The molecule has 1 N–H and O–H groups in total. The molecule has 9 heteroatoms. The molecule has 0 saturated carbocycles. The first-order valence-electron chi connectivity index (χ1n) is 6.25. The molecular weight excluding hydrogens is 406 g/mol. The predicted molar refractivity (Wildman–Crippen MR) is 93.4 cm³/mol. The molecule has 0 unspecified atom stereocenters. The zero-order chi connectivity index (χ0) is 16.6. The number of nitrogens with zero attached hydrogens (tertiary/aromatic N) is 2. The molecule has 0 saturated heterocycles.